The summed E-state index contributed by atoms with van der Waals surface area (Å²) in [5, 5.41) is 27.9. The number of hydrogen-bond acceptors (Lipinski definition) is 16. The van der Waals surface area contributed by atoms with E-state index in [1.165, 1.54) is 24.3 Å². The van der Waals surface area contributed by atoms with Gasteiger partial charge in [-0.25, -0.2) is 56.4 Å². The molecule has 2 atom stereocenters. The smallest absolute Gasteiger partial charge is 0.247 e. The summed E-state index contributed by atoms with van der Waals surface area (Å²) in [4.78, 5) is 54.4. The summed E-state index contributed by atoms with van der Waals surface area (Å²) in [6.45, 7) is 7.83. The molecule has 9 rings (SSSR count). The lowest BCUT2D eigenvalue weighted by molar-refractivity contribution is -0.137. The highest BCUT2D eigenvalue weighted by Crippen LogP contribution is 2.28. The van der Waals surface area contributed by atoms with E-state index in [0.717, 1.165) is 11.1 Å². The molecule has 22 nitrogen and oxygen atoms in total. The first-order chi connectivity index (χ1) is 33.6. The molecular formula is C46H50N16O6S2. The first kappa shape index (κ1) is 47.5. The van der Waals surface area contributed by atoms with Crippen molar-refractivity contribution in [3.05, 3.63) is 121 Å². The zero-order chi connectivity index (χ0) is 49.2. The molecule has 7 aromatic rings. The Morgan fingerprint density at radius 2 is 1.01 bits per heavy atom. The van der Waals surface area contributed by atoms with Crippen molar-refractivity contribution in [1.82, 2.24) is 59.7 Å². The largest absolute Gasteiger partial charge is 0.337 e. The number of benzene rings is 3. The van der Waals surface area contributed by atoms with Crippen LogP contribution in [0.2, 0.25) is 0 Å². The molecule has 4 N–H and O–H groups in total. The molecule has 2 amide bonds. The predicted molar refractivity (Wildman–Crippen MR) is 257 cm³/mol. The summed E-state index contributed by atoms with van der Waals surface area (Å²) in [6, 6.07) is 22.1. The molecule has 6 heterocycles. The quantitative estimate of drug-likeness (QED) is 0.158. The Bertz CT molecular complexity index is 3190. The SMILES string of the molecule is CC(C)[C@@H](C(=O)N1CCN(c2nccc(-c3ccc(C[C@@H](C(=O)N4CCN(c5ncccn5)CC4)n4cc(-c5ccc(S(N)(=O)=O)cc5)nn4)cc3)n2)CC1)n1cc(-c2ccc(S(N)(=O)=O)cc2)nn1. The van der Waals surface area contributed by atoms with E-state index in [-0.39, 0.29) is 27.5 Å². The second kappa shape index (κ2) is 19.8. The Morgan fingerprint density at radius 3 is 1.54 bits per heavy atom. The van der Waals surface area contributed by atoms with Crippen LogP contribution in [0.5, 0.6) is 0 Å². The Hall–Kier alpha value is -7.54. The number of amides is 2. The third-order valence-electron chi connectivity index (χ3n) is 12.4. The van der Waals surface area contributed by atoms with Crippen molar-refractivity contribution in [3.63, 3.8) is 0 Å². The van der Waals surface area contributed by atoms with Crippen LogP contribution in [0.25, 0.3) is 33.8 Å². The van der Waals surface area contributed by atoms with E-state index < -0.39 is 32.1 Å². The Balaban J connectivity index is 0.866. The van der Waals surface area contributed by atoms with Crippen molar-refractivity contribution >= 4 is 43.8 Å². The molecule has 0 bridgehead atoms. The first-order valence-electron chi connectivity index (χ1n) is 22.5. The topological polar surface area (TPSA) is 280 Å². The monoisotopic (exact) mass is 986 g/mol. The molecule has 2 aliphatic rings. The molecule has 2 fully saturated rings. The number of rotatable bonds is 14. The van der Waals surface area contributed by atoms with Gasteiger partial charge in [0.25, 0.3) is 0 Å². The maximum Gasteiger partial charge on any atom is 0.247 e. The summed E-state index contributed by atoms with van der Waals surface area (Å²) in [6.07, 6.45) is 8.79. The lowest BCUT2D eigenvalue weighted by Gasteiger charge is -2.37. The molecular weight excluding hydrogens is 937 g/mol. The van der Waals surface area contributed by atoms with Crippen LogP contribution >= 0.6 is 0 Å². The maximum absolute atomic E-state index is 14.4. The number of sulfonamides is 2. The van der Waals surface area contributed by atoms with Crippen LogP contribution in [-0.4, -0.2) is 141 Å². The van der Waals surface area contributed by atoms with Crippen LogP contribution in [-0.2, 0) is 36.1 Å². The van der Waals surface area contributed by atoms with E-state index in [2.05, 4.69) is 40.5 Å². The van der Waals surface area contributed by atoms with Gasteiger partial charge < -0.3 is 19.6 Å². The number of carbonyl (C=O) groups is 2. The summed E-state index contributed by atoms with van der Waals surface area (Å²) in [7, 11) is -7.73. The fourth-order valence-electron chi connectivity index (χ4n) is 8.54. The normalized spacial score (nSPS) is 15.6. The average Bonchev–Trinajstić information content (AvgIpc) is 4.07. The van der Waals surface area contributed by atoms with Crippen molar-refractivity contribution in [3.8, 4) is 33.8 Å². The van der Waals surface area contributed by atoms with E-state index in [4.69, 9.17) is 15.3 Å². The number of hydrogen-bond donors (Lipinski definition) is 2. The van der Waals surface area contributed by atoms with Crippen molar-refractivity contribution in [2.45, 2.75) is 42.1 Å². The Kier molecular flexibility index (Phi) is 13.5. The van der Waals surface area contributed by atoms with Gasteiger partial charge in [0.2, 0.25) is 43.8 Å². The number of aromatic nitrogens is 10. The van der Waals surface area contributed by atoms with E-state index in [0.29, 0.717) is 98.9 Å². The van der Waals surface area contributed by atoms with Gasteiger partial charge in [0, 0.05) is 94.1 Å². The van der Waals surface area contributed by atoms with Gasteiger partial charge in [-0.2, -0.15) is 0 Å². The molecule has 0 unspecified atom stereocenters. The number of primary sulfonamides is 2. The van der Waals surface area contributed by atoms with E-state index in [1.807, 2.05) is 58.9 Å². The highest BCUT2D eigenvalue weighted by Gasteiger charge is 2.34. The highest BCUT2D eigenvalue weighted by molar-refractivity contribution is 7.89. The van der Waals surface area contributed by atoms with E-state index in [1.54, 1.807) is 70.7 Å². The van der Waals surface area contributed by atoms with Crippen LogP contribution in [0, 0.1) is 5.92 Å². The molecule has 0 saturated carbocycles. The minimum absolute atomic E-state index is 0.0130. The summed E-state index contributed by atoms with van der Waals surface area (Å²) >= 11 is 0. The molecule has 0 aliphatic carbocycles. The van der Waals surface area contributed by atoms with Gasteiger partial charge >= 0.3 is 0 Å². The van der Waals surface area contributed by atoms with Crippen molar-refractivity contribution in [2.75, 3.05) is 62.2 Å². The zero-order valence-electron chi connectivity index (χ0n) is 38.2. The van der Waals surface area contributed by atoms with Gasteiger partial charge in [-0.05, 0) is 47.9 Å². The standard InChI is InChI=1S/C46H50N16O6S2/c1-31(2)42(62-30-40(54-56-62)35-10-14-37(15-11-35)70(48,67)68)44(64)58-22-26-60(27-23-58)46-51-19-16-38(52-46)33-6-4-32(5-7-33)28-41(43(63)57-20-24-59(25-21-57)45-49-17-3-18-50-45)61-29-39(53-55-61)34-8-12-36(13-9-34)69(47,65)66/h3-19,29-31,41-42H,20-28H2,1-2H3,(H2,47,65,66)(H2,48,67,68)/t41-,42-/m0/s1. The minimum Gasteiger partial charge on any atom is -0.337 e. The van der Waals surface area contributed by atoms with Crippen LogP contribution < -0.4 is 20.1 Å². The van der Waals surface area contributed by atoms with Crippen molar-refractivity contribution in [1.29, 1.82) is 0 Å². The number of nitrogens with zero attached hydrogens (tertiary/aromatic N) is 14. The second-order valence-electron chi connectivity index (χ2n) is 17.3. The van der Waals surface area contributed by atoms with Gasteiger partial charge in [-0.1, -0.05) is 72.8 Å². The van der Waals surface area contributed by atoms with Crippen LogP contribution in [0.1, 0.15) is 31.5 Å². The molecule has 2 aliphatic heterocycles. The maximum atomic E-state index is 14.4. The van der Waals surface area contributed by atoms with Crippen molar-refractivity contribution < 1.29 is 26.4 Å². The molecule has 24 heteroatoms. The van der Waals surface area contributed by atoms with E-state index in [9.17, 15) is 26.4 Å². The van der Waals surface area contributed by atoms with Crippen LogP contribution in [0.15, 0.2) is 126 Å². The molecule has 0 radical (unpaired) electrons. The molecule has 3 aromatic carbocycles. The summed E-state index contributed by atoms with van der Waals surface area (Å²) in [5.74, 6) is 0.832. The van der Waals surface area contributed by atoms with Gasteiger partial charge in [-0.3, -0.25) is 9.59 Å². The lowest BCUT2D eigenvalue weighted by Crippen LogP contribution is -2.51. The van der Waals surface area contributed by atoms with Crippen LogP contribution in [0.3, 0.4) is 0 Å². The first-order valence-corrected chi connectivity index (χ1v) is 25.6. The third-order valence-corrected chi connectivity index (χ3v) is 14.2. The molecule has 4 aromatic heterocycles. The van der Waals surface area contributed by atoms with Gasteiger partial charge in [0.1, 0.15) is 23.5 Å². The Morgan fingerprint density at radius 1 is 0.557 bits per heavy atom. The number of nitrogens with two attached hydrogens (primary N) is 2. The minimum atomic E-state index is -3.88. The molecule has 0 spiro atoms. The fourth-order valence-corrected chi connectivity index (χ4v) is 9.57. The average molecular weight is 987 g/mol. The highest BCUT2D eigenvalue weighted by atomic mass is 32.2. The molecule has 2 saturated heterocycles. The summed E-state index contributed by atoms with van der Waals surface area (Å²) in [5.41, 5.74) is 4.64. The van der Waals surface area contributed by atoms with Gasteiger partial charge in [-0.15, -0.1) is 10.2 Å². The predicted octanol–water partition coefficient (Wildman–Crippen LogP) is 2.42. The van der Waals surface area contributed by atoms with Gasteiger partial charge in [0.05, 0.1) is 27.9 Å². The van der Waals surface area contributed by atoms with Crippen LogP contribution in [0.4, 0.5) is 11.9 Å². The number of anilines is 2. The molecule has 70 heavy (non-hydrogen) atoms. The number of piperazine rings is 2. The van der Waals surface area contributed by atoms with Crippen molar-refractivity contribution in [2.24, 2.45) is 16.2 Å². The lowest BCUT2D eigenvalue weighted by atomic mass is 10.0. The second-order valence-corrected chi connectivity index (χ2v) is 20.5. The third kappa shape index (κ3) is 10.5. The Labute approximate surface area is 404 Å². The fraction of sp³-hybridized carbons (Fsp3) is 0.304. The van der Waals surface area contributed by atoms with Gasteiger partial charge in [0.15, 0.2) is 0 Å². The van der Waals surface area contributed by atoms with E-state index >= 15 is 0 Å². The zero-order valence-corrected chi connectivity index (χ0v) is 39.9. The summed E-state index contributed by atoms with van der Waals surface area (Å²) < 4.78 is 50.3. The molecule has 362 valence electrons. The number of carbonyl (C=O) groups excluding carboxylic acids is 2.